The Morgan fingerprint density at radius 3 is 2.71 bits per heavy atom. The normalized spacial score (nSPS) is 16.3. The van der Waals surface area contributed by atoms with E-state index in [4.69, 9.17) is 9.47 Å². The topological polar surface area (TPSA) is 50.9 Å². The maximum atomic E-state index is 12.2. The monoisotopic (exact) mass is 347 g/mol. The lowest BCUT2D eigenvalue weighted by Gasteiger charge is -2.09. The second-order valence-electron chi connectivity index (χ2n) is 4.73. The van der Waals surface area contributed by atoms with Gasteiger partial charge in [-0.15, -0.1) is 0 Å². The number of anilines is 1. The van der Waals surface area contributed by atoms with E-state index in [0.29, 0.717) is 17.9 Å². The maximum absolute atomic E-state index is 12.2. The predicted molar refractivity (Wildman–Crippen MR) is 83.8 cm³/mol. The van der Waals surface area contributed by atoms with E-state index in [-0.39, 0.29) is 12.0 Å². The van der Waals surface area contributed by atoms with Crippen molar-refractivity contribution in [1.29, 1.82) is 0 Å². The molecule has 21 heavy (non-hydrogen) atoms. The van der Waals surface area contributed by atoms with Gasteiger partial charge in [-0.3, -0.25) is 4.79 Å². The minimum Gasteiger partial charge on any atom is -0.490 e. The molecule has 1 N–H and O–H groups in total. The van der Waals surface area contributed by atoms with E-state index in [1.54, 1.807) is 18.2 Å². The van der Waals surface area contributed by atoms with Crippen molar-refractivity contribution in [3.05, 3.63) is 58.6 Å². The van der Waals surface area contributed by atoms with Crippen LogP contribution in [0, 0.1) is 0 Å². The van der Waals surface area contributed by atoms with E-state index in [9.17, 15) is 4.79 Å². The smallest absolute Gasteiger partial charge is 0.255 e. The number of carbonyl (C=O) groups excluding carboxylic acids is 1. The summed E-state index contributed by atoms with van der Waals surface area (Å²) in [5.41, 5.74) is 1.34. The number of benzene rings is 2. The lowest BCUT2D eigenvalue weighted by Crippen LogP contribution is -2.12. The average molecular weight is 348 g/mol. The van der Waals surface area contributed by atoms with Gasteiger partial charge < -0.3 is 14.8 Å². The van der Waals surface area contributed by atoms with Crippen molar-refractivity contribution >= 4 is 27.5 Å². The van der Waals surface area contributed by atoms with E-state index in [2.05, 4.69) is 21.2 Å². The summed E-state index contributed by atoms with van der Waals surface area (Å²) in [5.74, 6) is 0.556. The zero-order valence-corrected chi connectivity index (χ0v) is 12.8. The molecule has 108 valence electrons. The van der Waals surface area contributed by atoms with Gasteiger partial charge in [-0.2, -0.15) is 0 Å². The highest BCUT2D eigenvalue weighted by Gasteiger charge is 2.23. The largest absolute Gasteiger partial charge is 0.490 e. The van der Waals surface area contributed by atoms with Crippen LogP contribution in [-0.4, -0.2) is 25.2 Å². The third-order valence-corrected chi connectivity index (χ3v) is 3.67. The molecular weight excluding hydrogens is 334 g/mol. The van der Waals surface area contributed by atoms with E-state index in [1.165, 1.54) is 0 Å². The van der Waals surface area contributed by atoms with Crippen LogP contribution in [0.1, 0.15) is 10.4 Å². The number of carbonyl (C=O) groups is 1. The Bertz CT molecular complexity index is 641. The molecule has 4 nitrogen and oxygen atoms in total. The van der Waals surface area contributed by atoms with Gasteiger partial charge in [0.2, 0.25) is 0 Å². The Morgan fingerprint density at radius 1 is 1.29 bits per heavy atom. The maximum Gasteiger partial charge on any atom is 0.255 e. The zero-order valence-electron chi connectivity index (χ0n) is 11.2. The molecule has 0 saturated carbocycles. The van der Waals surface area contributed by atoms with Crippen molar-refractivity contribution < 1.29 is 14.3 Å². The minimum absolute atomic E-state index is 0.154. The van der Waals surface area contributed by atoms with Crippen LogP contribution in [0.4, 0.5) is 5.69 Å². The predicted octanol–water partition coefficient (Wildman–Crippen LogP) is 3.48. The fourth-order valence-corrected chi connectivity index (χ4v) is 2.32. The number of hydrogen-bond acceptors (Lipinski definition) is 3. The molecule has 1 saturated heterocycles. The molecule has 2 aromatic carbocycles. The molecular formula is C16H14BrNO3. The number of halogens is 1. The molecule has 0 spiro atoms. The first kappa shape index (κ1) is 14.1. The molecule has 2 aromatic rings. The first-order valence-corrected chi connectivity index (χ1v) is 7.42. The molecule has 1 amide bonds. The number of nitrogens with one attached hydrogen (secondary N) is 1. The third-order valence-electron chi connectivity index (χ3n) is 3.05. The van der Waals surface area contributed by atoms with E-state index < -0.39 is 0 Å². The lowest BCUT2D eigenvalue weighted by molar-refractivity contribution is 0.102. The Hall–Kier alpha value is -1.85. The summed E-state index contributed by atoms with van der Waals surface area (Å²) in [7, 11) is 0. The fourth-order valence-electron chi connectivity index (χ4n) is 1.83. The van der Waals surface area contributed by atoms with Crippen LogP contribution < -0.4 is 10.1 Å². The molecule has 1 unspecified atom stereocenters. The average Bonchev–Trinajstić information content (AvgIpc) is 3.31. The van der Waals surface area contributed by atoms with Gasteiger partial charge in [0.15, 0.2) is 0 Å². The summed E-state index contributed by atoms with van der Waals surface area (Å²) in [5, 5.41) is 2.84. The number of amides is 1. The first-order valence-electron chi connectivity index (χ1n) is 6.63. The highest BCUT2D eigenvalue weighted by Crippen LogP contribution is 2.27. The van der Waals surface area contributed by atoms with Crippen LogP contribution in [0.2, 0.25) is 0 Å². The lowest BCUT2D eigenvalue weighted by atomic mass is 10.2. The van der Waals surface area contributed by atoms with Crippen LogP contribution in [0.15, 0.2) is 53.0 Å². The van der Waals surface area contributed by atoms with Crippen molar-refractivity contribution in [2.75, 3.05) is 18.5 Å². The Kier molecular flexibility index (Phi) is 4.22. The van der Waals surface area contributed by atoms with Crippen molar-refractivity contribution in [3.8, 4) is 5.75 Å². The SMILES string of the molecule is O=C(Nc1ccccc1)c1ccc(OCC2CO2)c(Br)c1. The van der Waals surface area contributed by atoms with Crippen LogP contribution in [0.25, 0.3) is 0 Å². The quantitative estimate of drug-likeness (QED) is 0.842. The van der Waals surface area contributed by atoms with Gasteiger partial charge in [-0.05, 0) is 46.3 Å². The third kappa shape index (κ3) is 3.83. The van der Waals surface area contributed by atoms with Crippen molar-refractivity contribution in [2.45, 2.75) is 6.10 Å². The van der Waals surface area contributed by atoms with E-state index in [0.717, 1.165) is 16.8 Å². The molecule has 5 heteroatoms. The Labute approximate surface area is 131 Å². The highest BCUT2D eigenvalue weighted by molar-refractivity contribution is 9.10. The molecule has 1 fully saturated rings. The van der Waals surface area contributed by atoms with Crippen molar-refractivity contribution in [3.63, 3.8) is 0 Å². The van der Waals surface area contributed by atoms with Crippen LogP contribution >= 0.6 is 15.9 Å². The molecule has 0 radical (unpaired) electrons. The number of rotatable bonds is 5. The van der Waals surface area contributed by atoms with Gasteiger partial charge in [-0.1, -0.05) is 18.2 Å². The summed E-state index contributed by atoms with van der Waals surface area (Å²) in [4.78, 5) is 12.2. The van der Waals surface area contributed by atoms with Gasteiger partial charge in [0.25, 0.3) is 5.91 Å². The summed E-state index contributed by atoms with van der Waals surface area (Å²) < 4.78 is 11.5. The number of hydrogen-bond donors (Lipinski definition) is 1. The van der Waals surface area contributed by atoms with Crippen LogP contribution in [0.3, 0.4) is 0 Å². The molecule has 1 aliphatic rings. The van der Waals surface area contributed by atoms with Crippen molar-refractivity contribution in [2.24, 2.45) is 0 Å². The second-order valence-corrected chi connectivity index (χ2v) is 5.59. The van der Waals surface area contributed by atoms with Gasteiger partial charge in [-0.25, -0.2) is 0 Å². The second kappa shape index (κ2) is 6.28. The fraction of sp³-hybridized carbons (Fsp3) is 0.188. The molecule has 0 aliphatic carbocycles. The summed E-state index contributed by atoms with van der Waals surface area (Å²) in [6.07, 6.45) is 0.206. The number of ether oxygens (including phenoxy) is 2. The van der Waals surface area contributed by atoms with Gasteiger partial charge in [0.1, 0.15) is 18.5 Å². The zero-order chi connectivity index (χ0) is 14.7. The molecule has 0 aromatic heterocycles. The van der Waals surface area contributed by atoms with Gasteiger partial charge in [0, 0.05) is 11.3 Å². The van der Waals surface area contributed by atoms with E-state index >= 15 is 0 Å². The van der Waals surface area contributed by atoms with Crippen molar-refractivity contribution in [1.82, 2.24) is 0 Å². The number of para-hydroxylation sites is 1. The summed E-state index contributed by atoms with van der Waals surface area (Å²) >= 11 is 3.43. The molecule has 1 heterocycles. The molecule has 1 aliphatic heterocycles. The first-order chi connectivity index (χ1) is 10.2. The van der Waals surface area contributed by atoms with Gasteiger partial charge in [0.05, 0.1) is 11.1 Å². The van der Waals surface area contributed by atoms with Gasteiger partial charge >= 0.3 is 0 Å². The van der Waals surface area contributed by atoms with E-state index in [1.807, 2.05) is 30.3 Å². The summed E-state index contributed by atoms with van der Waals surface area (Å²) in [6.45, 7) is 1.29. The minimum atomic E-state index is -0.154. The summed E-state index contributed by atoms with van der Waals surface area (Å²) in [6, 6.07) is 14.6. The highest BCUT2D eigenvalue weighted by atomic mass is 79.9. The standard InChI is InChI=1S/C16H14BrNO3/c17-14-8-11(6-7-15(14)21-10-13-9-20-13)16(19)18-12-4-2-1-3-5-12/h1-8,13H,9-10H2,(H,18,19). The Balaban J connectivity index is 1.67. The molecule has 1 atom stereocenters. The molecule has 0 bridgehead atoms. The Morgan fingerprint density at radius 2 is 2.05 bits per heavy atom. The molecule has 3 rings (SSSR count). The van der Waals surface area contributed by atoms with Crippen LogP contribution in [-0.2, 0) is 4.74 Å². The number of epoxide rings is 1. The van der Waals surface area contributed by atoms with Crippen LogP contribution in [0.5, 0.6) is 5.75 Å².